The molecular weight excluding hydrogens is 248 g/mol. The molecule has 3 nitrogen and oxygen atoms in total. The van der Waals surface area contributed by atoms with Gasteiger partial charge in [0.2, 0.25) is 0 Å². The molecular formula is C17H18N2O. The molecule has 0 aromatic heterocycles. The summed E-state index contributed by atoms with van der Waals surface area (Å²) in [4.78, 5) is 2.11. The SMILES string of the molecule is COc1ccc(CN(C)c2c(C)cccc2C#N)cc1. The number of hydrogen-bond donors (Lipinski definition) is 0. The summed E-state index contributed by atoms with van der Waals surface area (Å²) >= 11 is 0. The second-order valence-corrected chi connectivity index (χ2v) is 4.79. The van der Waals surface area contributed by atoms with Crippen LogP contribution in [0.2, 0.25) is 0 Å². The zero-order valence-corrected chi connectivity index (χ0v) is 12.1. The lowest BCUT2D eigenvalue weighted by Gasteiger charge is -2.22. The third kappa shape index (κ3) is 2.92. The van der Waals surface area contributed by atoms with Crippen LogP contribution in [0.25, 0.3) is 0 Å². The smallest absolute Gasteiger partial charge is 0.118 e. The number of hydrogen-bond acceptors (Lipinski definition) is 3. The van der Waals surface area contributed by atoms with Gasteiger partial charge in [0.05, 0.1) is 18.4 Å². The minimum absolute atomic E-state index is 0.709. The molecule has 20 heavy (non-hydrogen) atoms. The zero-order chi connectivity index (χ0) is 14.5. The van der Waals surface area contributed by atoms with Gasteiger partial charge in [-0.2, -0.15) is 5.26 Å². The zero-order valence-electron chi connectivity index (χ0n) is 12.1. The number of methoxy groups -OCH3 is 1. The molecule has 0 fully saturated rings. The molecule has 0 saturated carbocycles. The van der Waals surface area contributed by atoms with Gasteiger partial charge in [-0.15, -0.1) is 0 Å². The molecule has 0 radical (unpaired) electrons. The third-order valence-corrected chi connectivity index (χ3v) is 3.32. The van der Waals surface area contributed by atoms with Crippen LogP contribution in [-0.4, -0.2) is 14.2 Å². The maximum Gasteiger partial charge on any atom is 0.118 e. The fourth-order valence-electron chi connectivity index (χ4n) is 2.34. The molecule has 2 rings (SSSR count). The van der Waals surface area contributed by atoms with E-state index < -0.39 is 0 Å². The van der Waals surface area contributed by atoms with E-state index in [0.29, 0.717) is 5.56 Å². The average Bonchev–Trinajstić information content (AvgIpc) is 2.47. The Bertz CT molecular complexity index is 626. The summed E-state index contributed by atoms with van der Waals surface area (Å²) < 4.78 is 5.16. The van der Waals surface area contributed by atoms with Crippen LogP contribution in [0.5, 0.6) is 5.75 Å². The second kappa shape index (κ2) is 6.12. The van der Waals surface area contributed by atoms with Crippen molar-refractivity contribution in [2.45, 2.75) is 13.5 Å². The maximum absolute atomic E-state index is 9.23. The fraction of sp³-hybridized carbons (Fsp3) is 0.235. The highest BCUT2D eigenvalue weighted by Crippen LogP contribution is 2.25. The molecule has 0 saturated heterocycles. The minimum atomic E-state index is 0.709. The Morgan fingerprint density at radius 1 is 1.15 bits per heavy atom. The highest BCUT2D eigenvalue weighted by molar-refractivity contribution is 5.63. The Hall–Kier alpha value is -2.47. The Labute approximate surface area is 120 Å². The van der Waals surface area contributed by atoms with E-state index in [0.717, 1.165) is 23.5 Å². The first kappa shape index (κ1) is 14.0. The first-order valence-corrected chi connectivity index (χ1v) is 6.49. The van der Waals surface area contributed by atoms with Crippen LogP contribution in [0.3, 0.4) is 0 Å². The predicted molar refractivity (Wildman–Crippen MR) is 81.0 cm³/mol. The maximum atomic E-state index is 9.23. The van der Waals surface area contributed by atoms with Crippen molar-refractivity contribution in [1.82, 2.24) is 0 Å². The number of ether oxygens (including phenoxy) is 1. The molecule has 0 unspecified atom stereocenters. The van der Waals surface area contributed by atoms with Crippen molar-refractivity contribution < 1.29 is 4.74 Å². The van der Waals surface area contributed by atoms with Crippen molar-refractivity contribution in [3.63, 3.8) is 0 Å². The van der Waals surface area contributed by atoms with Gasteiger partial charge in [-0.25, -0.2) is 0 Å². The lowest BCUT2D eigenvalue weighted by molar-refractivity contribution is 0.414. The largest absolute Gasteiger partial charge is 0.497 e. The minimum Gasteiger partial charge on any atom is -0.497 e. The topological polar surface area (TPSA) is 36.3 Å². The molecule has 0 heterocycles. The van der Waals surface area contributed by atoms with Crippen LogP contribution in [0.15, 0.2) is 42.5 Å². The molecule has 2 aromatic carbocycles. The average molecular weight is 266 g/mol. The standard InChI is InChI=1S/C17H18N2O/c1-13-5-4-6-15(11-18)17(13)19(2)12-14-7-9-16(20-3)10-8-14/h4-10H,12H2,1-3H3. The summed E-state index contributed by atoms with van der Waals surface area (Å²) in [5.41, 5.74) is 3.99. The Balaban J connectivity index is 2.24. The Kier molecular flexibility index (Phi) is 4.27. The van der Waals surface area contributed by atoms with E-state index in [1.807, 2.05) is 56.4 Å². The van der Waals surface area contributed by atoms with Gasteiger partial charge >= 0.3 is 0 Å². The first-order chi connectivity index (χ1) is 9.65. The number of nitriles is 1. The molecule has 0 aliphatic rings. The molecule has 0 N–H and O–H groups in total. The number of para-hydroxylation sites is 1. The Morgan fingerprint density at radius 3 is 2.45 bits per heavy atom. The lowest BCUT2D eigenvalue weighted by Crippen LogP contribution is -2.18. The molecule has 0 aliphatic heterocycles. The van der Waals surface area contributed by atoms with Gasteiger partial charge in [0.1, 0.15) is 11.8 Å². The molecule has 0 amide bonds. The normalized spacial score (nSPS) is 9.90. The van der Waals surface area contributed by atoms with E-state index in [1.54, 1.807) is 7.11 Å². The van der Waals surface area contributed by atoms with Crippen molar-refractivity contribution in [3.8, 4) is 11.8 Å². The van der Waals surface area contributed by atoms with Gasteiger partial charge in [0, 0.05) is 13.6 Å². The van der Waals surface area contributed by atoms with Crippen LogP contribution < -0.4 is 9.64 Å². The van der Waals surface area contributed by atoms with Crippen molar-refractivity contribution >= 4 is 5.69 Å². The van der Waals surface area contributed by atoms with E-state index in [1.165, 1.54) is 5.56 Å². The number of nitrogens with zero attached hydrogens (tertiary/aromatic N) is 2. The van der Waals surface area contributed by atoms with Crippen molar-refractivity contribution in [3.05, 3.63) is 59.2 Å². The summed E-state index contributed by atoms with van der Waals surface area (Å²) in [6.07, 6.45) is 0. The lowest BCUT2D eigenvalue weighted by atomic mass is 10.1. The second-order valence-electron chi connectivity index (χ2n) is 4.79. The molecule has 0 spiro atoms. The number of benzene rings is 2. The molecule has 0 bridgehead atoms. The third-order valence-electron chi connectivity index (χ3n) is 3.32. The van der Waals surface area contributed by atoms with Gasteiger partial charge < -0.3 is 9.64 Å². The summed E-state index contributed by atoms with van der Waals surface area (Å²) in [6.45, 7) is 2.78. The van der Waals surface area contributed by atoms with Crippen LogP contribution in [0, 0.1) is 18.3 Å². The highest BCUT2D eigenvalue weighted by Gasteiger charge is 2.10. The molecule has 102 valence electrons. The van der Waals surface area contributed by atoms with E-state index in [4.69, 9.17) is 4.74 Å². The number of rotatable bonds is 4. The molecule has 3 heteroatoms. The number of anilines is 1. The monoisotopic (exact) mass is 266 g/mol. The van der Waals surface area contributed by atoms with Crippen LogP contribution in [-0.2, 0) is 6.54 Å². The number of aryl methyl sites for hydroxylation is 1. The molecule has 0 aliphatic carbocycles. The quantitative estimate of drug-likeness (QED) is 0.849. The summed E-state index contributed by atoms with van der Waals surface area (Å²) in [6, 6.07) is 16.0. The van der Waals surface area contributed by atoms with Gasteiger partial charge in [-0.05, 0) is 36.2 Å². The van der Waals surface area contributed by atoms with Crippen molar-refractivity contribution in [1.29, 1.82) is 5.26 Å². The van der Waals surface area contributed by atoms with Crippen LogP contribution >= 0.6 is 0 Å². The Morgan fingerprint density at radius 2 is 1.85 bits per heavy atom. The molecule has 0 atom stereocenters. The van der Waals surface area contributed by atoms with E-state index in [-0.39, 0.29) is 0 Å². The highest BCUT2D eigenvalue weighted by atomic mass is 16.5. The molecule has 2 aromatic rings. The van der Waals surface area contributed by atoms with Gasteiger partial charge in [0.25, 0.3) is 0 Å². The van der Waals surface area contributed by atoms with E-state index >= 15 is 0 Å². The van der Waals surface area contributed by atoms with E-state index in [2.05, 4.69) is 11.0 Å². The fourth-order valence-corrected chi connectivity index (χ4v) is 2.34. The van der Waals surface area contributed by atoms with Gasteiger partial charge in [0.15, 0.2) is 0 Å². The van der Waals surface area contributed by atoms with Crippen LogP contribution in [0.4, 0.5) is 5.69 Å². The summed E-state index contributed by atoms with van der Waals surface area (Å²) in [5, 5.41) is 9.23. The first-order valence-electron chi connectivity index (χ1n) is 6.49. The van der Waals surface area contributed by atoms with Crippen LogP contribution in [0.1, 0.15) is 16.7 Å². The van der Waals surface area contributed by atoms with Gasteiger partial charge in [-0.1, -0.05) is 24.3 Å². The van der Waals surface area contributed by atoms with Crippen molar-refractivity contribution in [2.24, 2.45) is 0 Å². The summed E-state index contributed by atoms with van der Waals surface area (Å²) in [7, 11) is 3.67. The van der Waals surface area contributed by atoms with Gasteiger partial charge in [-0.3, -0.25) is 0 Å². The van der Waals surface area contributed by atoms with Crippen molar-refractivity contribution in [2.75, 3.05) is 19.1 Å². The van der Waals surface area contributed by atoms with E-state index in [9.17, 15) is 5.26 Å². The predicted octanol–water partition coefficient (Wildman–Crippen LogP) is 3.51. The summed E-state index contributed by atoms with van der Waals surface area (Å²) in [5.74, 6) is 0.852.